The first-order chi connectivity index (χ1) is 16.3. The lowest BCUT2D eigenvalue weighted by molar-refractivity contribution is -0.148. The topological polar surface area (TPSA) is 89.5 Å². The van der Waals surface area contributed by atoms with E-state index in [9.17, 15) is 18.0 Å². The van der Waals surface area contributed by atoms with E-state index in [1.807, 2.05) is 43.3 Å². The third kappa shape index (κ3) is 6.74. The van der Waals surface area contributed by atoms with Crippen molar-refractivity contribution in [1.29, 1.82) is 0 Å². The largest absolute Gasteiger partial charge is 0.465 e. The van der Waals surface area contributed by atoms with Crippen molar-refractivity contribution in [3.8, 4) is 0 Å². The summed E-state index contributed by atoms with van der Waals surface area (Å²) in [7, 11) is -4.08. The van der Waals surface area contributed by atoms with Crippen molar-refractivity contribution in [2.24, 2.45) is 5.92 Å². The van der Waals surface area contributed by atoms with Crippen molar-refractivity contribution >= 4 is 27.9 Å². The Kier molecular flexibility index (Phi) is 8.96. The number of ether oxygens (including phenoxy) is 1. The number of benzene rings is 2. The van der Waals surface area contributed by atoms with E-state index in [1.54, 1.807) is 31.2 Å². The Labute approximate surface area is 201 Å². The van der Waals surface area contributed by atoms with E-state index in [0.717, 1.165) is 30.4 Å². The Bertz CT molecular complexity index is 1150. The van der Waals surface area contributed by atoms with Gasteiger partial charge in [0, 0.05) is 0 Å². The molecule has 0 radical (unpaired) electrons. The lowest BCUT2D eigenvalue weighted by Crippen LogP contribution is -2.49. The number of esters is 1. The molecule has 0 saturated carbocycles. The van der Waals surface area contributed by atoms with Crippen LogP contribution in [-0.2, 0) is 24.3 Å². The Balaban J connectivity index is 2.03. The maximum atomic E-state index is 13.6. The first-order valence-electron chi connectivity index (χ1n) is 11.5. The molecule has 1 aliphatic carbocycles. The van der Waals surface area contributed by atoms with Gasteiger partial charge in [-0.3, -0.25) is 9.59 Å². The average molecular weight is 482 g/mol. The number of carbonyl (C=O) groups is 2. The van der Waals surface area contributed by atoms with E-state index >= 15 is 0 Å². The van der Waals surface area contributed by atoms with Gasteiger partial charge in [-0.05, 0) is 62.8 Å². The molecular formula is C27H31NO5S. The van der Waals surface area contributed by atoms with Gasteiger partial charge in [0.2, 0.25) is 10.0 Å². The predicted molar refractivity (Wildman–Crippen MR) is 132 cm³/mol. The fourth-order valence-electron chi connectivity index (χ4n) is 3.85. The Hall–Kier alpha value is -3.03. The number of ketones is 1. The van der Waals surface area contributed by atoms with Crippen LogP contribution in [0.15, 0.2) is 77.2 Å². The summed E-state index contributed by atoms with van der Waals surface area (Å²) in [5.74, 6) is -2.18. The number of hydrogen-bond acceptors (Lipinski definition) is 5. The zero-order valence-electron chi connectivity index (χ0n) is 19.6. The summed E-state index contributed by atoms with van der Waals surface area (Å²) in [6.45, 7) is 3.65. The molecule has 2 aromatic rings. The van der Waals surface area contributed by atoms with Crippen LogP contribution in [0.2, 0.25) is 0 Å². The fourth-order valence-corrected chi connectivity index (χ4v) is 5.07. The number of nitrogens with one attached hydrogen (secondary N) is 1. The molecule has 0 amide bonds. The number of Topliss-reactive ketones (excluding diaryl/α,β-unsaturated/α-hetero) is 1. The summed E-state index contributed by atoms with van der Waals surface area (Å²) in [6.07, 6.45) is 8.24. The van der Waals surface area contributed by atoms with E-state index in [4.69, 9.17) is 4.74 Å². The van der Waals surface area contributed by atoms with Crippen LogP contribution in [0.5, 0.6) is 0 Å². The zero-order valence-corrected chi connectivity index (χ0v) is 20.4. The van der Waals surface area contributed by atoms with Crippen LogP contribution in [-0.4, -0.2) is 32.8 Å². The molecule has 7 heteroatoms. The van der Waals surface area contributed by atoms with Crippen LogP contribution in [0.4, 0.5) is 0 Å². The second-order valence-electron chi connectivity index (χ2n) is 8.30. The predicted octanol–water partition coefficient (Wildman–Crippen LogP) is 4.60. The lowest BCUT2D eigenvalue weighted by Gasteiger charge is -2.25. The zero-order chi connectivity index (χ0) is 24.6. The number of hydrogen-bond donors (Lipinski definition) is 1. The van der Waals surface area contributed by atoms with Crippen molar-refractivity contribution in [3.63, 3.8) is 0 Å². The third-order valence-electron chi connectivity index (χ3n) is 5.72. The standard InChI is InChI=1S/C27H31NO5S/c1-3-33-27(30)24(19-16-21-10-6-4-7-11-21)25(26(29)22-12-8-5-9-13-22)28-34(31,32)23-17-14-20(2)15-18-23/h4,6-7,10-12,14-19,24-25,28H,3,5,8-9,13H2,1-2H3/b19-16+. The van der Waals surface area contributed by atoms with Crippen molar-refractivity contribution in [2.45, 2.75) is 50.5 Å². The van der Waals surface area contributed by atoms with Gasteiger partial charge in [-0.15, -0.1) is 0 Å². The minimum Gasteiger partial charge on any atom is -0.465 e. The maximum absolute atomic E-state index is 13.6. The smallest absolute Gasteiger partial charge is 0.314 e. The SMILES string of the molecule is CCOC(=O)C(/C=C/c1ccccc1)C(NS(=O)(=O)c1ccc(C)cc1)C(=O)C1=CCCCC1. The van der Waals surface area contributed by atoms with Crippen LogP contribution in [0.1, 0.15) is 43.7 Å². The molecule has 3 rings (SSSR count). The number of aryl methyl sites for hydroxylation is 1. The Morgan fingerprint density at radius 3 is 2.38 bits per heavy atom. The molecule has 6 nitrogen and oxygen atoms in total. The molecule has 2 aromatic carbocycles. The van der Waals surface area contributed by atoms with E-state index in [-0.39, 0.29) is 11.5 Å². The number of carbonyl (C=O) groups excluding carboxylic acids is 2. The summed E-state index contributed by atoms with van der Waals surface area (Å²) < 4.78 is 34.3. The minimum atomic E-state index is -4.08. The van der Waals surface area contributed by atoms with E-state index in [1.165, 1.54) is 12.1 Å². The molecule has 1 N–H and O–H groups in total. The second-order valence-corrected chi connectivity index (χ2v) is 10.0. The molecule has 2 atom stereocenters. The van der Waals surface area contributed by atoms with E-state index in [0.29, 0.717) is 12.0 Å². The third-order valence-corrected chi connectivity index (χ3v) is 7.17. The van der Waals surface area contributed by atoms with Crippen molar-refractivity contribution in [3.05, 3.63) is 83.4 Å². The van der Waals surface area contributed by atoms with Gasteiger partial charge in [-0.1, -0.05) is 66.3 Å². The van der Waals surface area contributed by atoms with Gasteiger partial charge in [0.25, 0.3) is 0 Å². The quantitative estimate of drug-likeness (QED) is 0.501. The van der Waals surface area contributed by atoms with Crippen LogP contribution in [0, 0.1) is 12.8 Å². The maximum Gasteiger partial charge on any atom is 0.314 e. The minimum absolute atomic E-state index is 0.0307. The highest BCUT2D eigenvalue weighted by Crippen LogP contribution is 2.24. The van der Waals surface area contributed by atoms with Crippen LogP contribution in [0.25, 0.3) is 6.08 Å². The number of rotatable bonds is 10. The Morgan fingerprint density at radius 2 is 1.76 bits per heavy atom. The normalized spacial score (nSPS) is 16.0. The molecule has 2 unspecified atom stereocenters. The van der Waals surface area contributed by atoms with E-state index < -0.39 is 33.7 Å². The Morgan fingerprint density at radius 1 is 1.06 bits per heavy atom. The average Bonchev–Trinajstić information content (AvgIpc) is 2.84. The molecule has 0 heterocycles. The molecule has 0 spiro atoms. The monoisotopic (exact) mass is 481 g/mol. The van der Waals surface area contributed by atoms with Gasteiger partial charge in [-0.2, -0.15) is 4.72 Å². The van der Waals surface area contributed by atoms with Crippen LogP contribution in [0.3, 0.4) is 0 Å². The summed E-state index contributed by atoms with van der Waals surface area (Å²) >= 11 is 0. The van der Waals surface area contributed by atoms with Gasteiger partial charge in [-0.25, -0.2) is 8.42 Å². The molecule has 0 aliphatic heterocycles. The highest BCUT2D eigenvalue weighted by molar-refractivity contribution is 7.89. The van der Waals surface area contributed by atoms with Gasteiger partial charge in [0.05, 0.1) is 17.4 Å². The van der Waals surface area contributed by atoms with Gasteiger partial charge in [0.15, 0.2) is 5.78 Å². The lowest BCUT2D eigenvalue weighted by atomic mass is 9.87. The molecule has 0 saturated heterocycles. The van der Waals surface area contributed by atoms with Crippen molar-refractivity contribution in [2.75, 3.05) is 6.61 Å². The first-order valence-corrected chi connectivity index (χ1v) is 13.0. The summed E-state index contributed by atoms with van der Waals surface area (Å²) in [5.41, 5.74) is 2.28. The molecular weight excluding hydrogens is 450 g/mol. The number of allylic oxidation sites excluding steroid dienone is 1. The first kappa shape index (κ1) is 25.6. The van der Waals surface area contributed by atoms with E-state index in [2.05, 4.69) is 4.72 Å². The fraction of sp³-hybridized carbons (Fsp3) is 0.333. The summed E-state index contributed by atoms with van der Waals surface area (Å²) in [4.78, 5) is 26.6. The molecule has 0 aromatic heterocycles. The summed E-state index contributed by atoms with van der Waals surface area (Å²) in [5, 5.41) is 0. The molecule has 0 bridgehead atoms. The highest BCUT2D eigenvalue weighted by Gasteiger charge is 2.38. The number of sulfonamides is 1. The molecule has 0 fully saturated rings. The molecule has 1 aliphatic rings. The van der Waals surface area contributed by atoms with Crippen LogP contribution < -0.4 is 4.72 Å². The van der Waals surface area contributed by atoms with Gasteiger partial charge in [0.1, 0.15) is 6.04 Å². The van der Waals surface area contributed by atoms with Gasteiger partial charge >= 0.3 is 5.97 Å². The van der Waals surface area contributed by atoms with Crippen molar-refractivity contribution in [1.82, 2.24) is 4.72 Å². The highest BCUT2D eigenvalue weighted by atomic mass is 32.2. The second kappa shape index (κ2) is 11.9. The summed E-state index contributed by atoms with van der Waals surface area (Å²) in [6, 6.07) is 14.3. The molecule has 180 valence electrons. The van der Waals surface area contributed by atoms with Crippen LogP contribution >= 0.6 is 0 Å². The van der Waals surface area contributed by atoms with Gasteiger partial charge < -0.3 is 4.74 Å². The van der Waals surface area contributed by atoms with Crippen molar-refractivity contribution < 1.29 is 22.7 Å². The molecule has 34 heavy (non-hydrogen) atoms.